The highest BCUT2D eigenvalue weighted by atomic mass is 15.2. The van der Waals surface area contributed by atoms with Crippen LogP contribution in [0, 0.1) is 6.92 Å². The maximum absolute atomic E-state index is 5.64. The Morgan fingerprint density at radius 1 is 1.33 bits per heavy atom. The summed E-state index contributed by atoms with van der Waals surface area (Å²) in [6, 6.07) is 2.46. The minimum atomic E-state index is 0.336. The summed E-state index contributed by atoms with van der Waals surface area (Å²) >= 11 is 0. The summed E-state index contributed by atoms with van der Waals surface area (Å²) in [5.74, 6) is 1.16. The molecule has 100 valence electrons. The van der Waals surface area contributed by atoms with Crippen molar-refractivity contribution in [2.24, 2.45) is 0 Å². The van der Waals surface area contributed by atoms with Crippen molar-refractivity contribution in [3.8, 4) is 0 Å². The number of hydrogen-bond acceptors (Lipinski definition) is 5. The smallest absolute Gasteiger partial charge is 0.222 e. The number of likely N-dealkylation sites (tertiary alicyclic amines) is 1. The lowest BCUT2D eigenvalue weighted by Crippen LogP contribution is -2.41. The van der Waals surface area contributed by atoms with Crippen molar-refractivity contribution in [1.82, 2.24) is 14.9 Å². The Kier molecular flexibility index (Phi) is 4.36. The molecule has 1 atom stereocenters. The van der Waals surface area contributed by atoms with E-state index >= 15 is 0 Å². The van der Waals surface area contributed by atoms with E-state index in [9.17, 15) is 0 Å². The molecule has 0 spiro atoms. The Balaban J connectivity index is 1.86. The zero-order valence-corrected chi connectivity index (χ0v) is 11.3. The molecule has 1 saturated heterocycles. The second kappa shape index (κ2) is 6.00. The maximum Gasteiger partial charge on any atom is 0.222 e. The molecule has 18 heavy (non-hydrogen) atoms. The molecule has 1 unspecified atom stereocenters. The van der Waals surface area contributed by atoms with E-state index in [1.165, 1.54) is 32.4 Å². The van der Waals surface area contributed by atoms with E-state index in [0.29, 0.717) is 12.0 Å². The zero-order valence-electron chi connectivity index (χ0n) is 11.3. The van der Waals surface area contributed by atoms with E-state index in [1.54, 1.807) is 0 Å². The summed E-state index contributed by atoms with van der Waals surface area (Å²) in [6.07, 6.45) is 4.02. The number of rotatable bonds is 4. The number of anilines is 2. The summed E-state index contributed by atoms with van der Waals surface area (Å²) in [7, 11) is 0. The lowest BCUT2D eigenvalue weighted by molar-refractivity contribution is 0.180. The molecule has 5 heteroatoms. The highest BCUT2D eigenvalue weighted by Gasteiger charge is 2.16. The molecule has 0 saturated carbocycles. The molecular weight excluding hydrogens is 226 g/mol. The van der Waals surface area contributed by atoms with Gasteiger partial charge in [-0.3, -0.25) is 4.90 Å². The van der Waals surface area contributed by atoms with Crippen LogP contribution in [-0.2, 0) is 0 Å². The van der Waals surface area contributed by atoms with Crippen LogP contribution < -0.4 is 11.1 Å². The number of nitrogen functional groups attached to an aromatic ring is 1. The highest BCUT2D eigenvalue weighted by Crippen LogP contribution is 2.13. The molecule has 1 aliphatic rings. The number of nitrogens with zero attached hydrogens (tertiary/aromatic N) is 3. The third-order valence-corrected chi connectivity index (χ3v) is 3.46. The number of nitrogens with two attached hydrogens (primary N) is 1. The van der Waals surface area contributed by atoms with Crippen LogP contribution in [0.2, 0.25) is 0 Å². The molecule has 0 amide bonds. The molecule has 1 aromatic rings. The first-order valence-electron chi connectivity index (χ1n) is 6.74. The molecule has 3 N–H and O–H groups in total. The summed E-state index contributed by atoms with van der Waals surface area (Å²) in [5, 5.41) is 3.35. The van der Waals surface area contributed by atoms with Gasteiger partial charge in [0, 0.05) is 24.3 Å². The van der Waals surface area contributed by atoms with Gasteiger partial charge in [0.05, 0.1) is 0 Å². The van der Waals surface area contributed by atoms with Crippen molar-refractivity contribution in [2.45, 2.75) is 39.2 Å². The van der Waals surface area contributed by atoms with E-state index in [2.05, 4.69) is 27.1 Å². The summed E-state index contributed by atoms with van der Waals surface area (Å²) in [6.45, 7) is 7.52. The number of hydrogen-bond donors (Lipinski definition) is 2. The van der Waals surface area contributed by atoms with Crippen LogP contribution in [0.5, 0.6) is 0 Å². The van der Waals surface area contributed by atoms with Crippen molar-refractivity contribution >= 4 is 11.8 Å². The van der Waals surface area contributed by atoms with Crippen LogP contribution in [0.25, 0.3) is 0 Å². The molecule has 5 nitrogen and oxygen atoms in total. The fourth-order valence-electron chi connectivity index (χ4n) is 2.42. The number of aromatic nitrogens is 2. The monoisotopic (exact) mass is 249 g/mol. The first-order valence-corrected chi connectivity index (χ1v) is 6.74. The van der Waals surface area contributed by atoms with Gasteiger partial charge in [-0.05, 0) is 39.8 Å². The Bertz CT molecular complexity index is 367. The molecule has 0 aliphatic carbocycles. The summed E-state index contributed by atoms with van der Waals surface area (Å²) in [4.78, 5) is 10.8. The van der Waals surface area contributed by atoms with Crippen LogP contribution in [0.4, 0.5) is 11.8 Å². The average Bonchev–Trinajstić information content (AvgIpc) is 2.36. The van der Waals surface area contributed by atoms with Gasteiger partial charge in [-0.2, -0.15) is 4.98 Å². The van der Waals surface area contributed by atoms with Crippen molar-refractivity contribution < 1.29 is 0 Å². The molecule has 1 fully saturated rings. The van der Waals surface area contributed by atoms with Gasteiger partial charge in [-0.1, -0.05) is 6.42 Å². The molecular formula is C13H23N5. The quantitative estimate of drug-likeness (QED) is 0.849. The van der Waals surface area contributed by atoms with E-state index in [4.69, 9.17) is 5.73 Å². The maximum atomic E-state index is 5.64. The van der Waals surface area contributed by atoms with Crippen molar-refractivity contribution in [1.29, 1.82) is 0 Å². The fraction of sp³-hybridized carbons (Fsp3) is 0.692. The van der Waals surface area contributed by atoms with Crippen LogP contribution in [0.1, 0.15) is 31.9 Å². The van der Waals surface area contributed by atoms with E-state index in [1.807, 2.05) is 13.0 Å². The third kappa shape index (κ3) is 3.57. The first-order chi connectivity index (χ1) is 8.65. The molecule has 0 aromatic carbocycles. The van der Waals surface area contributed by atoms with Gasteiger partial charge in [-0.25, -0.2) is 4.98 Å². The highest BCUT2D eigenvalue weighted by molar-refractivity contribution is 5.40. The molecule has 0 bridgehead atoms. The van der Waals surface area contributed by atoms with Crippen molar-refractivity contribution in [3.05, 3.63) is 11.8 Å². The normalized spacial score (nSPS) is 18.6. The molecule has 2 heterocycles. The molecule has 1 aromatic heterocycles. The topological polar surface area (TPSA) is 67.1 Å². The predicted molar refractivity (Wildman–Crippen MR) is 74.6 cm³/mol. The van der Waals surface area contributed by atoms with Crippen LogP contribution in [-0.4, -0.2) is 40.5 Å². The van der Waals surface area contributed by atoms with Gasteiger partial charge in [0.15, 0.2) is 0 Å². The third-order valence-electron chi connectivity index (χ3n) is 3.46. The predicted octanol–water partition coefficient (Wildman–Crippen LogP) is 1.65. The minimum Gasteiger partial charge on any atom is -0.368 e. The Labute approximate surface area is 109 Å². The lowest BCUT2D eigenvalue weighted by atomic mass is 10.1. The molecule has 2 rings (SSSR count). The average molecular weight is 249 g/mol. The van der Waals surface area contributed by atoms with E-state index < -0.39 is 0 Å². The van der Waals surface area contributed by atoms with Gasteiger partial charge in [0.1, 0.15) is 5.82 Å². The molecule has 1 aliphatic heterocycles. The SMILES string of the molecule is Cc1cc(NCC(C)N2CCCCC2)nc(N)n1. The van der Waals surface area contributed by atoms with Crippen LogP contribution in [0.3, 0.4) is 0 Å². The fourth-order valence-corrected chi connectivity index (χ4v) is 2.42. The van der Waals surface area contributed by atoms with Crippen LogP contribution in [0.15, 0.2) is 6.07 Å². The van der Waals surface area contributed by atoms with Crippen molar-refractivity contribution in [3.63, 3.8) is 0 Å². The van der Waals surface area contributed by atoms with Crippen LogP contribution >= 0.6 is 0 Å². The number of nitrogens with one attached hydrogen (secondary N) is 1. The lowest BCUT2D eigenvalue weighted by Gasteiger charge is -2.32. The number of aryl methyl sites for hydroxylation is 1. The zero-order chi connectivity index (χ0) is 13.0. The Morgan fingerprint density at radius 2 is 2.06 bits per heavy atom. The van der Waals surface area contributed by atoms with E-state index in [0.717, 1.165) is 18.1 Å². The first kappa shape index (κ1) is 13.1. The number of piperidine rings is 1. The Hall–Kier alpha value is -1.36. The molecule has 0 radical (unpaired) electrons. The summed E-state index contributed by atoms with van der Waals surface area (Å²) in [5.41, 5.74) is 6.53. The van der Waals surface area contributed by atoms with E-state index in [-0.39, 0.29) is 0 Å². The summed E-state index contributed by atoms with van der Waals surface area (Å²) < 4.78 is 0. The second-order valence-electron chi connectivity index (χ2n) is 5.08. The van der Waals surface area contributed by atoms with Gasteiger partial charge < -0.3 is 11.1 Å². The standard InChI is InChI=1S/C13H23N5/c1-10-8-12(17-13(14)16-10)15-9-11(2)18-6-4-3-5-7-18/h8,11H,3-7,9H2,1-2H3,(H3,14,15,16,17). The van der Waals surface area contributed by atoms with Gasteiger partial charge in [0.2, 0.25) is 5.95 Å². The van der Waals surface area contributed by atoms with Gasteiger partial charge in [-0.15, -0.1) is 0 Å². The Morgan fingerprint density at radius 3 is 2.72 bits per heavy atom. The van der Waals surface area contributed by atoms with Gasteiger partial charge in [0.25, 0.3) is 0 Å². The largest absolute Gasteiger partial charge is 0.368 e. The van der Waals surface area contributed by atoms with Crippen molar-refractivity contribution in [2.75, 3.05) is 30.7 Å². The second-order valence-corrected chi connectivity index (χ2v) is 5.08. The van der Waals surface area contributed by atoms with Gasteiger partial charge >= 0.3 is 0 Å². The minimum absolute atomic E-state index is 0.336.